The molecule has 0 aliphatic rings. The van der Waals surface area contributed by atoms with Gasteiger partial charge in [-0.3, -0.25) is 9.78 Å². The maximum atomic E-state index is 11.8. The number of pyridine rings is 1. The van der Waals surface area contributed by atoms with E-state index in [-0.39, 0.29) is 17.3 Å². The Kier molecular flexibility index (Phi) is 5.27. The highest BCUT2D eigenvalue weighted by Crippen LogP contribution is 2.31. The molecule has 2 aromatic rings. The number of rotatable bonds is 4. The van der Waals surface area contributed by atoms with E-state index in [2.05, 4.69) is 26.2 Å². The highest BCUT2D eigenvalue weighted by atomic mass is 79.9. The number of nitrogens with zero attached hydrogens (tertiary/aromatic N) is 1. The Hall–Kier alpha value is -1.50. The summed E-state index contributed by atoms with van der Waals surface area (Å²) >= 11 is 15.0. The van der Waals surface area contributed by atoms with Crippen LogP contribution in [0.3, 0.4) is 0 Å². The Morgan fingerprint density at radius 3 is 2.76 bits per heavy atom. The van der Waals surface area contributed by atoms with Crippen molar-refractivity contribution in [3.05, 3.63) is 45.1 Å². The van der Waals surface area contributed by atoms with Crippen molar-refractivity contribution < 1.29 is 9.53 Å². The Morgan fingerprint density at radius 2 is 2.10 bits per heavy atom. The largest absolute Gasteiger partial charge is 0.482 e. The fraction of sp³-hybridized carbons (Fsp3) is 0.0769. The molecular weight excluding hydrogens is 381 g/mol. The average Bonchev–Trinajstić information content (AvgIpc) is 2.40. The highest BCUT2D eigenvalue weighted by Gasteiger charge is 2.11. The third-order valence-electron chi connectivity index (χ3n) is 2.40. The van der Waals surface area contributed by atoms with Crippen LogP contribution >= 0.6 is 39.1 Å². The summed E-state index contributed by atoms with van der Waals surface area (Å²) < 4.78 is 6.06. The standard InChI is InChI=1S/C13H10BrCl2N3O2/c14-7-1-9(5-18-4-7)21-6-12(20)19-13-10(16)2-8(15)3-11(13)17/h1-5H,6,17H2,(H,19,20). The molecule has 3 N–H and O–H groups in total. The summed E-state index contributed by atoms with van der Waals surface area (Å²) in [5.41, 5.74) is 6.35. The number of aromatic nitrogens is 1. The first-order valence-corrected chi connectivity index (χ1v) is 7.28. The molecule has 0 saturated carbocycles. The number of nitrogens with one attached hydrogen (secondary N) is 1. The van der Waals surface area contributed by atoms with Gasteiger partial charge in [-0.1, -0.05) is 23.2 Å². The first kappa shape index (κ1) is 15.9. The van der Waals surface area contributed by atoms with E-state index in [1.165, 1.54) is 18.3 Å². The number of carbonyl (C=O) groups is 1. The number of nitrogens with two attached hydrogens (primary N) is 1. The predicted octanol–water partition coefficient (Wildman–Crippen LogP) is 3.75. The molecule has 0 unspecified atom stereocenters. The van der Waals surface area contributed by atoms with Crippen molar-refractivity contribution in [1.29, 1.82) is 0 Å². The summed E-state index contributed by atoms with van der Waals surface area (Å²) in [5, 5.41) is 3.24. The number of anilines is 2. The van der Waals surface area contributed by atoms with Gasteiger partial charge >= 0.3 is 0 Å². The van der Waals surface area contributed by atoms with E-state index in [1.807, 2.05) is 0 Å². The molecule has 5 nitrogen and oxygen atoms in total. The summed E-state index contributed by atoms with van der Waals surface area (Å²) in [6.07, 6.45) is 3.11. The molecular formula is C13H10BrCl2N3O2. The van der Waals surface area contributed by atoms with E-state index in [4.69, 9.17) is 33.7 Å². The van der Waals surface area contributed by atoms with Gasteiger partial charge in [-0.05, 0) is 34.1 Å². The van der Waals surface area contributed by atoms with Crippen LogP contribution in [0.25, 0.3) is 0 Å². The average molecular weight is 391 g/mol. The van der Waals surface area contributed by atoms with E-state index in [9.17, 15) is 4.79 Å². The maximum Gasteiger partial charge on any atom is 0.262 e. The van der Waals surface area contributed by atoms with Crippen molar-refractivity contribution in [2.24, 2.45) is 0 Å². The van der Waals surface area contributed by atoms with Gasteiger partial charge in [0.1, 0.15) is 5.75 Å². The van der Waals surface area contributed by atoms with Gasteiger partial charge in [-0.15, -0.1) is 0 Å². The number of hydrogen-bond donors (Lipinski definition) is 2. The Morgan fingerprint density at radius 1 is 1.33 bits per heavy atom. The van der Waals surface area contributed by atoms with E-state index < -0.39 is 5.91 Å². The summed E-state index contributed by atoms with van der Waals surface area (Å²) in [7, 11) is 0. The minimum Gasteiger partial charge on any atom is -0.482 e. The molecule has 1 amide bonds. The number of benzene rings is 1. The van der Waals surface area contributed by atoms with Gasteiger partial charge < -0.3 is 15.8 Å². The molecule has 0 bridgehead atoms. The van der Waals surface area contributed by atoms with Gasteiger partial charge in [0.05, 0.1) is 22.6 Å². The molecule has 0 aliphatic heterocycles. The van der Waals surface area contributed by atoms with Crippen LogP contribution in [0.1, 0.15) is 0 Å². The molecule has 8 heteroatoms. The van der Waals surface area contributed by atoms with Crippen molar-refractivity contribution in [2.45, 2.75) is 0 Å². The van der Waals surface area contributed by atoms with Crippen molar-refractivity contribution >= 4 is 56.4 Å². The molecule has 0 radical (unpaired) electrons. The number of amides is 1. The molecule has 0 fully saturated rings. The van der Waals surface area contributed by atoms with E-state index in [0.717, 1.165) is 4.47 Å². The third kappa shape index (κ3) is 4.49. The van der Waals surface area contributed by atoms with Crippen LogP contribution < -0.4 is 15.8 Å². The van der Waals surface area contributed by atoms with Crippen LogP contribution in [0.5, 0.6) is 5.75 Å². The van der Waals surface area contributed by atoms with E-state index in [0.29, 0.717) is 16.5 Å². The fourth-order valence-corrected chi connectivity index (χ4v) is 2.42. The second-order valence-corrected chi connectivity index (χ2v) is 5.79. The van der Waals surface area contributed by atoms with Gasteiger partial charge in [-0.2, -0.15) is 0 Å². The molecule has 0 spiro atoms. The summed E-state index contributed by atoms with van der Waals surface area (Å²) in [5.74, 6) is 0.0700. The van der Waals surface area contributed by atoms with Crippen molar-refractivity contribution in [2.75, 3.05) is 17.7 Å². The Balaban J connectivity index is 1.99. The first-order valence-electron chi connectivity index (χ1n) is 5.73. The van der Waals surface area contributed by atoms with Crippen LogP contribution in [0.4, 0.5) is 11.4 Å². The molecule has 110 valence electrons. The predicted molar refractivity (Wildman–Crippen MR) is 86.9 cm³/mol. The summed E-state index contributed by atoms with van der Waals surface area (Å²) in [6, 6.07) is 4.69. The molecule has 21 heavy (non-hydrogen) atoms. The molecule has 0 atom stereocenters. The molecule has 0 aliphatic carbocycles. The molecule has 1 aromatic carbocycles. The summed E-state index contributed by atoms with van der Waals surface area (Å²) in [6.45, 7) is -0.198. The lowest BCUT2D eigenvalue weighted by atomic mass is 10.2. The monoisotopic (exact) mass is 389 g/mol. The minimum atomic E-state index is -0.397. The van der Waals surface area contributed by atoms with E-state index in [1.54, 1.807) is 12.3 Å². The zero-order valence-electron chi connectivity index (χ0n) is 10.6. The van der Waals surface area contributed by atoms with E-state index >= 15 is 0 Å². The zero-order valence-corrected chi connectivity index (χ0v) is 13.7. The lowest BCUT2D eigenvalue weighted by Gasteiger charge is -2.11. The second-order valence-electron chi connectivity index (χ2n) is 4.03. The van der Waals surface area contributed by atoms with Crippen LogP contribution in [0.2, 0.25) is 10.0 Å². The van der Waals surface area contributed by atoms with Crippen LogP contribution in [-0.4, -0.2) is 17.5 Å². The SMILES string of the molecule is Nc1cc(Cl)cc(Cl)c1NC(=O)COc1cncc(Br)c1. The number of ether oxygens (including phenoxy) is 1. The molecule has 1 heterocycles. The van der Waals surface area contributed by atoms with Crippen molar-refractivity contribution in [3.63, 3.8) is 0 Å². The lowest BCUT2D eigenvalue weighted by molar-refractivity contribution is -0.118. The molecule has 2 rings (SSSR count). The van der Waals surface area contributed by atoms with Gasteiger partial charge in [-0.25, -0.2) is 0 Å². The topological polar surface area (TPSA) is 77.2 Å². The van der Waals surface area contributed by atoms with Crippen LogP contribution in [-0.2, 0) is 4.79 Å². The molecule has 0 saturated heterocycles. The maximum absolute atomic E-state index is 11.8. The summed E-state index contributed by atoms with van der Waals surface area (Å²) in [4.78, 5) is 15.8. The third-order valence-corrected chi connectivity index (χ3v) is 3.35. The number of carbonyl (C=O) groups excluding carboxylic acids is 1. The minimum absolute atomic E-state index is 0.198. The Bertz CT molecular complexity index is 659. The number of nitrogen functional groups attached to an aromatic ring is 1. The van der Waals surface area contributed by atoms with Gasteiger partial charge in [0.15, 0.2) is 6.61 Å². The highest BCUT2D eigenvalue weighted by molar-refractivity contribution is 9.10. The van der Waals surface area contributed by atoms with Crippen LogP contribution in [0.15, 0.2) is 35.1 Å². The number of hydrogen-bond acceptors (Lipinski definition) is 4. The van der Waals surface area contributed by atoms with Crippen molar-refractivity contribution in [3.8, 4) is 5.75 Å². The first-order chi connectivity index (χ1) is 9.95. The van der Waals surface area contributed by atoms with Crippen molar-refractivity contribution in [1.82, 2.24) is 4.98 Å². The number of halogens is 3. The second kappa shape index (κ2) is 6.98. The Labute approximate surface area is 139 Å². The van der Waals surface area contributed by atoms with Gasteiger partial charge in [0, 0.05) is 15.7 Å². The lowest BCUT2D eigenvalue weighted by Crippen LogP contribution is -2.21. The normalized spacial score (nSPS) is 10.2. The smallest absolute Gasteiger partial charge is 0.262 e. The van der Waals surface area contributed by atoms with Gasteiger partial charge in [0.2, 0.25) is 0 Å². The quantitative estimate of drug-likeness (QED) is 0.779. The van der Waals surface area contributed by atoms with Crippen LogP contribution in [0, 0.1) is 0 Å². The van der Waals surface area contributed by atoms with Gasteiger partial charge in [0.25, 0.3) is 5.91 Å². The zero-order chi connectivity index (χ0) is 15.4. The fourth-order valence-electron chi connectivity index (χ4n) is 1.52. The molecule has 1 aromatic heterocycles.